The van der Waals surface area contributed by atoms with E-state index in [4.69, 9.17) is 0 Å². The lowest BCUT2D eigenvalue weighted by molar-refractivity contribution is -0.137. The number of carbonyl (C=O) groups is 3. The summed E-state index contributed by atoms with van der Waals surface area (Å²) in [5, 5.41) is 0. The van der Waals surface area contributed by atoms with Crippen molar-refractivity contribution < 1.29 is 27.6 Å². The summed E-state index contributed by atoms with van der Waals surface area (Å²) in [7, 11) is 0. The highest BCUT2D eigenvalue weighted by Crippen LogP contribution is 2.32. The SMILES string of the molecule is O=C1c2ccccc2C(=O)N1CCCC(=O)N(Cc1ccc(C(F)(F)F)cc1)C1CC1. The summed E-state index contributed by atoms with van der Waals surface area (Å²) in [5.74, 6) is -0.826. The summed E-state index contributed by atoms with van der Waals surface area (Å²) in [5.41, 5.74) is 0.663. The van der Waals surface area contributed by atoms with Gasteiger partial charge >= 0.3 is 6.18 Å². The van der Waals surface area contributed by atoms with Gasteiger partial charge in [0.2, 0.25) is 5.91 Å². The lowest BCUT2D eigenvalue weighted by Gasteiger charge is -2.23. The number of alkyl halides is 3. The molecule has 1 fully saturated rings. The third-order valence-corrected chi connectivity index (χ3v) is 5.59. The van der Waals surface area contributed by atoms with Crippen LogP contribution in [-0.4, -0.2) is 40.1 Å². The van der Waals surface area contributed by atoms with Crippen LogP contribution in [0.4, 0.5) is 13.2 Å². The molecule has 8 heteroatoms. The molecule has 1 aliphatic heterocycles. The van der Waals surface area contributed by atoms with Gasteiger partial charge in [-0.2, -0.15) is 13.2 Å². The number of rotatable bonds is 7. The van der Waals surface area contributed by atoms with Crippen LogP contribution in [0.1, 0.15) is 57.5 Å². The highest BCUT2D eigenvalue weighted by molar-refractivity contribution is 6.21. The second-order valence-electron chi connectivity index (χ2n) is 7.86. The number of nitrogens with zero attached hydrogens (tertiary/aromatic N) is 2. The molecule has 1 aliphatic carbocycles. The van der Waals surface area contributed by atoms with E-state index < -0.39 is 11.7 Å². The Bertz CT molecular complexity index is 978. The molecule has 2 aliphatic rings. The van der Waals surface area contributed by atoms with Gasteiger partial charge in [0.25, 0.3) is 11.8 Å². The molecule has 0 radical (unpaired) electrons. The van der Waals surface area contributed by atoms with Crippen LogP contribution in [-0.2, 0) is 17.5 Å². The van der Waals surface area contributed by atoms with Gasteiger partial charge in [-0.1, -0.05) is 24.3 Å². The van der Waals surface area contributed by atoms with Crippen molar-refractivity contribution in [1.29, 1.82) is 0 Å². The highest BCUT2D eigenvalue weighted by atomic mass is 19.4. The van der Waals surface area contributed by atoms with Crippen molar-refractivity contribution in [2.24, 2.45) is 0 Å². The van der Waals surface area contributed by atoms with Gasteiger partial charge in [0.15, 0.2) is 0 Å². The number of hydrogen-bond donors (Lipinski definition) is 0. The number of halogens is 3. The van der Waals surface area contributed by atoms with E-state index in [0.29, 0.717) is 23.1 Å². The standard InChI is InChI=1S/C23H21F3N2O3/c24-23(25,26)16-9-7-15(8-10-16)14-28(17-11-12-17)20(29)6-3-13-27-21(30)18-4-1-2-5-19(18)22(27)31/h1-2,4-5,7-10,17H,3,6,11-14H2. The zero-order valence-corrected chi connectivity index (χ0v) is 16.7. The van der Waals surface area contributed by atoms with Crippen molar-refractivity contribution in [3.63, 3.8) is 0 Å². The molecule has 31 heavy (non-hydrogen) atoms. The van der Waals surface area contributed by atoms with E-state index in [0.717, 1.165) is 29.9 Å². The summed E-state index contributed by atoms with van der Waals surface area (Å²) in [6.07, 6.45) is -2.17. The van der Waals surface area contributed by atoms with Crippen LogP contribution in [0.2, 0.25) is 0 Å². The topological polar surface area (TPSA) is 57.7 Å². The average molecular weight is 430 g/mol. The zero-order valence-electron chi connectivity index (χ0n) is 16.7. The summed E-state index contributed by atoms with van der Waals surface area (Å²) in [6.45, 7) is 0.394. The van der Waals surface area contributed by atoms with Gasteiger partial charge in [0, 0.05) is 25.6 Å². The molecule has 0 spiro atoms. The molecule has 4 rings (SSSR count). The van der Waals surface area contributed by atoms with Crippen molar-refractivity contribution in [1.82, 2.24) is 9.80 Å². The van der Waals surface area contributed by atoms with Crippen molar-refractivity contribution in [3.05, 3.63) is 70.8 Å². The quantitative estimate of drug-likeness (QED) is 0.617. The van der Waals surface area contributed by atoms with E-state index in [9.17, 15) is 27.6 Å². The van der Waals surface area contributed by atoms with E-state index >= 15 is 0 Å². The molecule has 0 aromatic heterocycles. The van der Waals surface area contributed by atoms with E-state index in [1.54, 1.807) is 29.2 Å². The normalized spacial score (nSPS) is 15.9. The maximum atomic E-state index is 12.8. The summed E-state index contributed by atoms with van der Waals surface area (Å²) < 4.78 is 38.2. The lowest BCUT2D eigenvalue weighted by atomic mass is 10.1. The van der Waals surface area contributed by atoms with Crippen LogP contribution < -0.4 is 0 Å². The minimum absolute atomic E-state index is 0.0918. The Morgan fingerprint density at radius 2 is 1.55 bits per heavy atom. The molecule has 0 bridgehead atoms. The third-order valence-electron chi connectivity index (χ3n) is 5.59. The predicted octanol–water partition coefficient (Wildman–Crippen LogP) is 4.27. The fourth-order valence-corrected chi connectivity index (χ4v) is 3.78. The molecule has 0 saturated heterocycles. The summed E-state index contributed by atoms with van der Waals surface area (Å²) in [4.78, 5) is 40.4. The first-order valence-corrected chi connectivity index (χ1v) is 10.2. The van der Waals surface area contributed by atoms with E-state index in [1.165, 1.54) is 12.1 Å². The third kappa shape index (κ3) is 4.47. The van der Waals surface area contributed by atoms with Crippen LogP contribution in [0.5, 0.6) is 0 Å². The maximum absolute atomic E-state index is 12.8. The molecular formula is C23H21F3N2O3. The lowest BCUT2D eigenvalue weighted by Crippen LogP contribution is -2.34. The molecular weight excluding hydrogens is 409 g/mol. The Hall–Kier alpha value is -3.16. The van der Waals surface area contributed by atoms with Crippen LogP contribution in [0.25, 0.3) is 0 Å². The van der Waals surface area contributed by atoms with Crippen molar-refractivity contribution in [3.8, 4) is 0 Å². The Labute approximate surface area is 177 Å². The van der Waals surface area contributed by atoms with Crippen LogP contribution in [0, 0.1) is 0 Å². The smallest absolute Gasteiger partial charge is 0.335 e. The molecule has 0 unspecified atom stereocenters. The van der Waals surface area contributed by atoms with Crippen molar-refractivity contribution in [2.45, 2.75) is 44.4 Å². The Kier molecular flexibility index (Phi) is 5.56. The Morgan fingerprint density at radius 3 is 2.06 bits per heavy atom. The van der Waals surface area contributed by atoms with Crippen molar-refractivity contribution in [2.75, 3.05) is 6.54 Å². The second kappa shape index (κ2) is 8.17. The number of amides is 3. The number of fused-ring (bicyclic) bond motifs is 1. The number of hydrogen-bond acceptors (Lipinski definition) is 3. The minimum atomic E-state index is -4.39. The summed E-state index contributed by atoms with van der Waals surface area (Å²) >= 11 is 0. The first-order chi connectivity index (χ1) is 14.8. The van der Waals surface area contributed by atoms with Crippen LogP contribution >= 0.6 is 0 Å². The van der Waals surface area contributed by atoms with Crippen LogP contribution in [0.3, 0.4) is 0 Å². The molecule has 2 aromatic carbocycles. The molecule has 0 N–H and O–H groups in total. The van der Waals surface area contributed by atoms with E-state index in [-0.39, 0.29) is 43.3 Å². The maximum Gasteiger partial charge on any atom is 0.416 e. The molecule has 2 aromatic rings. The van der Waals surface area contributed by atoms with Crippen molar-refractivity contribution >= 4 is 17.7 Å². The fourth-order valence-electron chi connectivity index (χ4n) is 3.78. The van der Waals surface area contributed by atoms with E-state index in [1.807, 2.05) is 0 Å². The van der Waals surface area contributed by atoms with Gasteiger partial charge in [-0.25, -0.2) is 0 Å². The molecule has 3 amide bonds. The van der Waals surface area contributed by atoms with Gasteiger partial charge in [-0.3, -0.25) is 19.3 Å². The first-order valence-electron chi connectivity index (χ1n) is 10.2. The van der Waals surface area contributed by atoms with E-state index in [2.05, 4.69) is 0 Å². The van der Waals surface area contributed by atoms with Gasteiger partial charge in [-0.05, 0) is 49.1 Å². The monoisotopic (exact) mass is 430 g/mol. The Morgan fingerprint density at radius 1 is 0.968 bits per heavy atom. The van der Waals surface area contributed by atoms with Gasteiger partial charge < -0.3 is 4.90 Å². The number of benzene rings is 2. The zero-order chi connectivity index (χ0) is 22.2. The molecule has 162 valence electrons. The molecule has 0 atom stereocenters. The molecule has 1 heterocycles. The first kappa shape index (κ1) is 21.1. The average Bonchev–Trinajstić information content (AvgIpc) is 3.55. The van der Waals surface area contributed by atoms with Crippen LogP contribution in [0.15, 0.2) is 48.5 Å². The van der Waals surface area contributed by atoms with Gasteiger partial charge in [0.05, 0.1) is 16.7 Å². The number of imide groups is 1. The largest absolute Gasteiger partial charge is 0.416 e. The Balaban J connectivity index is 1.34. The summed E-state index contributed by atoms with van der Waals surface area (Å²) in [6, 6.07) is 11.5. The molecule has 1 saturated carbocycles. The fraction of sp³-hybridized carbons (Fsp3) is 0.348. The number of carbonyl (C=O) groups excluding carboxylic acids is 3. The predicted molar refractivity (Wildman–Crippen MR) is 106 cm³/mol. The highest BCUT2D eigenvalue weighted by Gasteiger charge is 2.36. The van der Waals surface area contributed by atoms with Gasteiger partial charge in [0.1, 0.15) is 0 Å². The minimum Gasteiger partial charge on any atom is -0.335 e. The second-order valence-corrected chi connectivity index (χ2v) is 7.86. The molecule has 5 nitrogen and oxygen atoms in total. The van der Waals surface area contributed by atoms with Gasteiger partial charge in [-0.15, -0.1) is 0 Å².